The van der Waals surface area contributed by atoms with E-state index in [-0.39, 0.29) is 5.97 Å². The summed E-state index contributed by atoms with van der Waals surface area (Å²) in [6.07, 6.45) is 0. The first-order chi connectivity index (χ1) is 7.60. The molecule has 4 nitrogen and oxygen atoms in total. The van der Waals surface area contributed by atoms with Crippen molar-refractivity contribution in [3.8, 4) is 5.75 Å². The highest BCUT2D eigenvalue weighted by molar-refractivity contribution is 9.10. The Morgan fingerprint density at radius 2 is 2.25 bits per heavy atom. The molecule has 1 atom stereocenters. The summed E-state index contributed by atoms with van der Waals surface area (Å²) in [6, 6.07) is 4.87. The summed E-state index contributed by atoms with van der Waals surface area (Å²) in [5, 5.41) is 0. The van der Waals surface area contributed by atoms with Gasteiger partial charge in [-0.15, -0.1) is 0 Å². The van der Waals surface area contributed by atoms with Gasteiger partial charge in [-0.25, -0.2) is 4.79 Å². The number of hydrogen-bond acceptors (Lipinski definition) is 3. The van der Waals surface area contributed by atoms with Crippen molar-refractivity contribution in [2.24, 2.45) is 0 Å². The minimum absolute atomic E-state index is 0.348. The van der Waals surface area contributed by atoms with Crippen LogP contribution in [-0.4, -0.2) is 19.7 Å². The van der Waals surface area contributed by atoms with Gasteiger partial charge in [0.05, 0.1) is 19.3 Å². The normalized spacial score (nSPS) is 12.0. The van der Waals surface area contributed by atoms with Crippen LogP contribution in [0.15, 0.2) is 22.7 Å². The average Bonchev–Trinajstić information content (AvgIpc) is 2.28. The molecule has 5 heteroatoms. The summed E-state index contributed by atoms with van der Waals surface area (Å²) in [5.41, 5.74) is 4.52. The minimum Gasteiger partial charge on any atom is -0.496 e. The molecule has 0 aliphatic rings. The Morgan fingerprint density at radius 1 is 1.56 bits per heavy atom. The summed E-state index contributed by atoms with van der Waals surface area (Å²) in [5.74, 6) is 0.287. The molecule has 0 amide bonds. The van der Waals surface area contributed by atoms with Gasteiger partial charge >= 0.3 is 5.97 Å². The standard InChI is InChI=1S/C11H14BrNO3/c1-3-16-11(14)10(13)8-6-7(12)4-5-9(8)15-2/h4-6,10H,3,13H2,1-2H3/p+1/t10-/m1/s1. The second kappa shape index (κ2) is 5.86. The molecule has 1 aromatic carbocycles. The van der Waals surface area contributed by atoms with Gasteiger partial charge in [0.1, 0.15) is 5.75 Å². The topological polar surface area (TPSA) is 63.2 Å². The van der Waals surface area contributed by atoms with Crippen LogP contribution in [0.1, 0.15) is 18.5 Å². The van der Waals surface area contributed by atoms with E-state index in [0.29, 0.717) is 12.4 Å². The van der Waals surface area contributed by atoms with Crippen LogP contribution in [0.5, 0.6) is 5.75 Å². The molecule has 0 aromatic heterocycles. The van der Waals surface area contributed by atoms with E-state index in [2.05, 4.69) is 21.7 Å². The zero-order chi connectivity index (χ0) is 12.1. The Balaban J connectivity index is 3.01. The molecule has 0 aliphatic carbocycles. The van der Waals surface area contributed by atoms with Crippen molar-refractivity contribution in [2.75, 3.05) is 13.7 Å². The lowest BCUT2D eigenvalue weighted by atomic mass is 10.1. The Hall–Kier alpha value is -1.07. The van der Waals surface area contributed by atoms with Gasteiger partial charge in [-0.2, -0.15) is 0 Å². The number of carbonyl (C=O) groups excluding carboxylic acids is 1. The van der Waals surface area contributed by atoms with E-state index in [4.69, 9.17) is 9.47 Å². The number of ether oxygens (including phenoxy) is 2. The van der Waals surface area contributed by atoms with E-state index in [0.717, 1.165) is 10.0 Å². The number of rotatable bonds is 4. The summed E-state index contributed by atoms with van der Waals surface area (Å²) >= 11 is 3.35. The number of halogens is 1. The number of esters is 1. The molecule has 0 bridgehead atoms. The van der Waals surface area contributed by atoms with E-state index in [1.807, 2.05) is 12.1 Å². The number of benzene rings is 1. The molecule has 1 aromatic rings. The molecule has 0 fully saturated rings. The van der Waals surface area contributed by atoms with E-state index in [1.54, 1.807) is 20.1 Å². The van der Waals surface area contributed by atoms with Gasteiger partial charge in [-0.05, 0) is 25.1 Å². The maximum absolute atomic E-state index is 11.6. The first-order valence-corrected chi connectivity index (χ1v) is 5.72. The van der Waals surface area contributed by atoms with Crippen LogP contribution in [0.25, 0.3) is 0 Å². The predicted octanol–water partition coefficient (Wildman–Crippen LogP) is 1.30. The number of quaternary nitrogens is 1. The smallest absolute Gasteiger partial charge is 0.369 e. The zero-order valence-electron chi connectivity index (χ0n) is 9.33. The van der Waals surface area contributed by atoms with Crippen LogP contribution in [0.2, 0.25) is 0 Å². The molecule has 88 valence electrons. The third-order valence-corrected chi connectivity index (χ3v) is 2.63. The van der Waals surface area contributed by atoms with Crippen LogP contribution >= 0.6 is 15.9 Å². The summed E-state index contributed by atoms with van der Waals surface area (Å²) in [6.45, 7) is 2.12. The Kier molecular flexibility index (Phi) is 4.76. The van der Waals surface area contributed by atoms with Gasteiger partial charge in [0.15, 0.2) is 0 Å². The first kappa shape index (κ1) is 13.0. The highest BCUT2D eigenvalue weighted by Gasteiger charge is 2.24. The highest BCUT2D eigenvalue weighted by atomic mass is 79.9. The largest absolute Gasteiger partial charge is 0.496 e. The highest BCUT2D eigenvalue weighted by Crippen LogP contribution is 2.27. The second-order valence-corrected chi connectivity index (χ2v) is 4.11. The molecule has 0 saturated heterocycles. The Morgan fingerprint density at radius 3 is 2.81 bits per heavy atom. The minimum atomic E-state index is -0.576. The maximum Gasteiger partial charge on any atom is 0.369 e. The third-order valence-electron chi connectivity index (χ3n) is 2.14. The molecule has 16 heavy (non-hydrogen) atoms. The molecule has 0 heterocycles. The van der Waals surface area contributed by atoms with E-state index >= 15 is 0 Å². The van der Waals surface area contributed by atoms with E-state index in [9.17, 15) is 4.79 Å². The average molecular weight is 289 g/mol. The quantitative estimate of drug-likeness (QED) is 0.850. The predicted molar refractivity (Wildman–Crippen MR) is 63.0 cm³/mol. The van der Waals surface area contributed by atoms with Crippen molar-refractivity contribution in [3.05, 3.63) is 28.2 Å². The van der Waals surface area contributed by atoms with Crippen LogP contribution in [-0.2, 0) is 9.53 Å². The number of methoxy groups -OCH3 is 1. The lowest BCUT2D eigenvalue weighted by molar-refractivity contribution is -0.414. The van der Waals surface area contributed by atoms with E-state index in [1.165, 1.54) is 0 Å². The number of carbonyl (C=O) groups is 1. The summed E-state index contributed by atoms with van der Waals surface area (Å²) in [4.78, 5) is 11.6. The molecule has 0 aliphatic heterocycles. The van der Waals surface area contributed by atoms with Crippen molar-refractivity contribution >= 4 is 21.9 Å². The molecule has 0 unspecified atom stereocenters. The van der Waals surface area contributed by atoms with Gasteiger partial charge in [-0.1, -0.05) is 15.9 Å². The fraction of sp³-hybridized carbons (Fsp3) is 0.364. The van der Waals surface area contributed by atoms with Gasteiger partial charge in [-0.3, -0.25) is 0 Å². The van der Waals surface area contributed by atoms with Gasteiger partial charge < -0.3 is 15.2 Å². The third kappa shape index (κ3) is 2.96. The fourth-order valence-corrected chi connectivity index (χ4v) is 1.73. The molecular formula is C11H15BrNO3+. The van der Waals surface area contributed by atoms with Crippen molar-refractivity contribution in [1.29, 1.82) is 0 Å². The fourth-order valence-electron chi connectivity index (χ4n) is 1.35. The van der Waals surface area contributed by atoms with Crippen LogP contribution < -0.4 is 10.5 Å². The van der Waals surface area contributed by atoms with Gasteiger partial charge in [0.25, 0.3) is 0 Å². The Bertz CT molecular complexity index is 381. The maximum atomic E-state index is 11.6. The van der Waals surface area contributed by atoms with Crippen LogP contribution in [0, 0.1) is 0 Å². The SMILES string of the molecule is CCOC(=O)[C@H]([NH3+])c1cc(Br)ccc1OC. The lowest BCUT2D eigenvalue weighted by Gasteiger charge is -2.12. The van der Waals surface area contributed by atoms with E-state index < -0.39 is 6.04 Å². The molecule has 0 radical (unpaired) electrons. The van der Waals surface area contributed by atoms with Crippen molar-refractivity contribution < 1.29 is 20.0 Å². The van der Waals surface area contributed by atoms with Crippen LogP contribution in [0.3, 0.4) is 0 Å². The Labute approximate surface area is 103 Å². The van der Waals surface area contributed by atoms with Crippen molar-refractivity contribution in [2.45, 2.75) is 13.0 Å². The zero-order valence-corrected chi connectivity index (χ0v) is 10.9. The summed E-state index contributed by atoms with van der Waals surface area (Å²) < 4.78 is 11.0. The number of hydrogen-bond donors (Lipinski definition) is 1. The molecular weight excluding hydrogens is 274 g/mol. The molecule has 1 rings (SSSR count). The van der Waals surface area contributed by atoms with Crippen molar-refractivity contribution in [1.82, 2.24) is 0 Å². The van der Waals surface area contributed by atoms with Gasteiger partial charge in [0.2, 0.25) is 6.04 Å². The first-order valence-electron chi connectivity index (χ1n) is 4.93. The lowest BCUT2D eigenvalue weighted by Crippen LogP contribution is -2.57. The van der Waals surface area contributed by atoms with Crippen LogP contribution in [0.4, 0.5) is 0 Å². The van der Waals surface area contributed by atoms with Gasteiger partial charge in [0, 0.05) is 4.47 Å². The van der Waals surface area contributed by atoms with Crippen molar-refractivity contribution in [3.63, 3.8) is 0 Å². The molecule has 3 N–H and O–H groups in total. The summed E-state index contributed by atoms with van der Waals surface area (Å²) in [7, 11) is 1.56. The monoisotopic (exact) mass is 288 g/mol. The molecule has 0 spiro atoms. The molecule has 0 saturated carbocycles. The second-order valence-electron chi connectivity index (χ2n) is 3.19.